The van der Waals surface area contributed by atoms with Crippen molar-refractivity contribution >= 4 is 65.0 Å². The Morgan fingerprint density at radius 1 is 0.348 bits per heavy atom. The van der Waals surface area contributed by atoms with Gasteiger partial charge in [-0.15, -0.1) is 0 Å². The first-order valence-electron chi connectivity index (χ1n) is 43.9. The molecule has 7 aliphatic rings. The predicted octanol–water partition coefficient (Wildman–Crippen LogP) is -19.0. The van der Waals surface area contributed by atoms with Gasteiger partial charge in [0, 0.05) is 27.7 Å². The minimum atomic E-state index is -2.59. The van der Waals surface area contributed by atoms with Gasteiger partial charge in [-0.1, -0.05) is 20.3 Å². The fourth-order valence-electron chi connectivity index (χ4n) is 16.0. The van der Waals surface area contributed by atoms with Crippen molar-refractivity contribution in [2.45, 2.75) is 357 Å². The Hall–Kier alpha value is -7.23. The molecule has 7 rings (SSSR count). The molecule has 0 aromatic heterocycles. The molecule has 7 heterocycles. The van der Waals surface area contributed by atoms with Crippen molar-refractivity contribution in [2.24, 2.45) is 23.1 Å². The highest BCUT2D eigenvalue weighted by atomic mass is 16.8. The number of ether oxygens (including phenoxy) is 13. The van der Waals surface area contributed by atoms with Crippen LogP contribution < -0.4 is 70.4 Å². The second kappa shape index (κ2) is 53.4. The minimum Gasteiger partial charge on any atom is -0.480 e. The zero-order valence-electron chi connectivity index (χ0n) is 75.1. The summed E-state index contributed by atoms with van der Waals surface area (Å²) >= 11 is 0. The van der Waals surface area contributed by atoms with Crippen LogP contribution in [0.25, 0.3) is 0 Å². The molecule has 7 aliphatic heterocycles. The van der Waals surface area contributed by atoms with Crippen LogP contribution in [0.15, 0.2) is 0 Å². The van der Waals surface area contributed by atoms with E-state index in [0.29, 0.717) is 19.4 Å². The first-order valence-corrected chi connectivity index (χ1v) is 43.9. The van der Waals surface area contributed by atoms with Crippen molar-refractivity contribution in [3.63, 3.8) is 0 Å². The molecule has 36 N–H and O–H groups in total. The molecule has 0 unspecified atom stereocenters. The fourth-order valence-corrected chi connectivity index (χ4v) is 16.0. The van der Waals surface area contributed by atoms with Gasteiger partial charge in [0.15, 0.2) is 50.0 Å². The maximum absolute atomic E-state index is 14.7. The highest BCUT2D eigenvalue weighted by Crippen LogP contribution is 2.39. The monoisotopic (exact) mass is 1960 g/mol. The van der Waals surface area contributed by atoms with Crippen LogP contribution in [0.3, 0.4) is 0 Å². The lowest BCUT2D eigenvalue weighted by Crippen LogP contribution is -2.71. The molecule has 0 spiro atoms. The van der Waals surface area contributed by atoms with Gasteiger partial charge in [-0.3, -0.25) is 47.9 Å². The van der Waals surface area contributed by atoms with Gasteiger partial charge in [0.05, 0.1) is 64.8 Å². The summed E-state index contributed by atoms with van der Waals surface area (Å²) in [6, 6.07) is -17.4. The average molecular weight is 1960 g/mol. The van der Waals surface area contributed by atoms with Crippen LogP contribution in [0.1, 0.15) is 100 Å². The number of carboxylic acid groups (broad SMARTS) is 1. The van der Waals surface area contributed by atoms with E-state index in [2.05, 4.69) is 53.2 Å². The molecule has 7 fully saturated rings. The highest BCUT2D eigenvalue weighted by molar-refractivity contribution is 5.98. The second-order valence-electron chi connectivity index (χ2n) is 34.2. The quantitative estimate of drug-likeness (QED) is 0.0252. The number of carboxylic acids is 1. The van der Waals surface area contributed by atoms with E-state index < -0.39 is 381 Å². The SMILES string of the molecule is CC(=O)N[C@@H]1[C@@H](O)[C@H](O[C@@H]2O[C@H](CO)[C@@H](O[C@@H]3O[C@H](CO[C@H]4O[C@H](CO)[C@@H](O)[C@H](O)[C@@H]4O[C@@H]4O[C@H](CO)[C@@H](O)[C@H](O)[C@H]4NC(C)=O)[C@@H](O)[C@H](O[C@H]4O[C@H](CO)[C@@H](O)[C@H](O)[C@@H]4O[C@@H]4O[C@H](CO)[C@@H](O)[C@H](O)[C@H]4NC(C)=O)[C@@H]3O)[C@H](O)[C@H]2NC(C)=O)[C@@H](CO)O[C@H]1NC(=O)C[C@H](NC(=O)[C@H](C)NC(=O)[C@@H](NC(=O)[C@@H](N)CCCCN)C(C)C)C(=O)N[C@@H](CCCCN)C(=O)N[C@H](C(=O)O)[C@@H](C)O. The van der Waals surface area contributed by atoms with Gasteiger partial charge in [-0.25, -0.2) is 4.79 Å². The smallest absolute Gasteiger partial charge is 0.328 e. The molecule has 135 heavy (non-hydrogen) atoms. The van der Waals surface area contributed by atoms with E-state index in [1.54, 1.807) is 13.8 Å². The molecule has 57 nitrogen and oxygen atoms in total. The number of rotatable bonds is 47. The molecule has 10 amide bonds. The van der Waals surface area contributed by atoms with Crippen LogP contribution in [-0.2, 0) is 114 Å². The number of nitrogens with one attached hydrogen (secondary N) is 10. The van der Waals surface area contributed by atoms with Crippen molar-refractivity contribution in [2.75, 3.05) is 59.3 Å². The van der Waals surface area contributed by atoms with Crippen molar-refractivity contribution in [1.29, 1.82) is 0 Å². The molecule has 0 aliphatic carbocycles. The Balaban J connectivity index is 1.22. The normalized spacial score (nSPS) is 37.1. The summed E-state index contributed by atoms with van der Waals surface area (Å²) in [6.45, 7) is 1.48. The summed E-state index contributed by atoms with van der Waals surface area (Å²) in [4.78, 5) is 148. The Morgan fingerprint density at radius 3 is 1.19 bits per heavy atom. The van der Waals surface area contributed by atoms with Gasteiger partial charge < -0.3 is 234 Å². The lowest BCUT2D eigenvalue weighted by molar-refractivity contribution is -0.395. The summed E-state index contributed by atoms with van der Waals surface area (Å²) in [6.07, 6.45) is -67.7. The van der Waals surface area contributed by atoms with Crippen LogP contribution in [0.4, 0.5) is 0 Å². The average Bonchev–Trinajstić information content (AvgIpc) is 0.769. The zero-order valence-corrected chi connectivity index (χ0v) is 75.1. The summed E-state index contributed by atoms with van der Waals surface area (Å²) in [7, 11) is 0. The number of aliphatic hydroxyl groups excluding tert-OH is 19. The largest absolute Gasteiger partial charge is 0.480 e. The third kappa shape index (κ3) is 30.2. The molecule has 42 atom stereocenters. The standard InChI is InChI=1S/C78H135N13O44/c1-25(2)43(90-67(117)32(81)13-9-11-15-79)70(120)82-26(3)66(116)88-34(69(119)87-33(14-10-12-16-80)68(118)91-44(27(4)98)72(121)122)17-42(103)89-71-45(83-28(5)99)56(111)61(39(22-96)124-71)131-75-48(86-31(8)102)57(112)62(40(23-97)129-75)132-76-60(115)63(133-78-65(59(114)52(107)38(21-95)128-78)135-74-47(85-30(7)101)55(110)50(105)36(19-93)126-74)53(108)41(130-76)24-123-77-64(58(113)51(106)37(20-94)127-77)134-73-46(84-29(6)100)54(109)49(104)35(18-92)125-73/h25-27,32-41,43-65,71,73-78,92-98,104-115H,9-24,79-81H2,1-8H3,(H,82,120)(H,83,99)(H,84,100)(H,85,101)(H,86,102)(H,87,119)(H,88,116)(H,89,103)(H,90,117)(H,91,118)(H,121,122)/t26-,27+,32-,33-,34-,35+,36+,37+,38+,39+,40+,41+,43-,44-,45+,46+,47+,48+,49+,50+,51+,52+,53+,54+,55+,56+,57+,58-,59-,60-,61+,62+,63-,64-,65-,71+,73-,74-,75-,76-,77-,78+/m0/s1. The Kier molecular flexibility index (Phi) is 45.4. The molecule has 57 heteroatoms. The van der Waals surface area contributed by atoms with Crippen molar-refractivity contribution in [3.8, 4) is 0 Å². The van der Waals surface area contributed by atoms with Crippen LogP contribution >= 0.6 is 0 Å². The number of amides is 10. The number of hydrogen-bond acceptors (Lipinski definition) is 46. The molecule has 0 aromatic rings. The molecule has 0 aromatic carbocycles. The third-order valence-electron chi connectivity index (χ3n) is 23.4. The number of carbonyl (C=O) groups is 11. The van der Waals surface area contributed by atoms with E-state index in [1.165, 1.54) is 0 Å². The number of nitrogens with two attached hydrogens (primary N) is 3. The lowest BCUT2D eigenvalue weighted by atomic mass is 9.93. The topological polar surface area (TPSA) is 911 Å². The van der Waals surface area contributed by atoms with Gasteiger partial charge in [0.2, 0.25) is 59.1 Å². The van der Waals surface area contributed by atoms with Crippen LogP contribution in [0.2, 0.25) is 0 Å². The molecule has 0 radical (unpaired) electrons. The minimum absolute atomic E-state index is 0.0614. The third-order valence-corrected chi connectivity index (χ3v) is 23.4. The van der Waals surface area contributed by atoms with E-state index in [1.807, 2.05) is 0 Å². The number of unbranched alkanes of at least 4 members (excludes halogenated alkanes) is 2. The predicted molar refractivity (Wildman–Crippen MR) is 442 cm³/mol. The number of aliphatic carboxylic acids is 1. The van der Waals surface area contributed by atoms with E-state index in [4.69, 9.17) is 78.8 Å². The van der Waals surface area contributed by atoms with Gasteiger partial charge in [-0.2, -0.15) is 0 Å². The number of aliphatic hydroxyl groups is 19. The van der Waals surface area contributed by atoms with Gasteiger partial charge >= 0.3 is 5.97 Å². The van der Waals surface area contributed by atoms with Crippen molar-refractivity contribution in [1.82, 2.24) is 53.2 Å². The maximum Gasteiger partial charge on any atom is 0.328 e. The van der Waals surface area contributed by atoms with Crippen molar-refractivity contribution in [3.05, 3.63) is 0 Å². The molecule has 776 valence electrons. The van der Waals surface area contributed by atoms with E-state index in [9.17, 15) is 155 Å². The molecule has 0 saturated carbocycles. The summed E-state index contributed by atoms with van der Waals surface area (Å²) in [5, 5.41) is 248. The van der Waals surface area contributed by atoms with Crippen LogP contribution in [0.5, 0.6) is 0 Å². The number of carbonyl (C=O) groups excluding carboxylic acids is 10. The fraction of sp³-hybridized carbons (Fsp3) is 0.859. The van der Waals surface area contributed by atoms with Gasteiger partial charge in [0.1, 0.15) is 195 Å². The maximum atomic E-state index is 14.7. The zero-order chi connectivity index (χ0) is 101. The van der Waals surface area contributed by atoms with Crippen molar-refractivity contribution < 1.29 is 216 Å². The van der Waals surface area contributed by atoms with E-state index >= 15 is 0 Å². The Labute approximate surface area is 771 Å². The van der Waals surface area contributed by atoms with Gasteiger partial charge in [-0.05, 0) is 65.0 Å². The Morgan fingerprint density at radius 2 is 0.726 bits per heavy atom. The summed E-state index contributed by atoms with van der Waals surface area (Å²) in [5.74, 6) is -12.7. The molecule has 0 bridgehead atoms. The summed E-state index contributed by atoms with van der Waals surface area (Å²) in [5.41, 5.74) is 17.4. The second-order valence-corrected chi connectivity index (χ2v) is 34.2. The first-order chi connectivity index (χ1) is 63.6. The summed E-state index contributed by atoms with van der Waals surface area (Å²) < 4.78 is 78.4. The van der Waals surface area contributed by atoms with E-state index in [0.717, 1.165) is 41.5 Å². The Bertz CT molecular complexity index is 3810. The number of hydrogen-bond donors (Lipinski definition) is 33. The molecular weight excluding hydrogens is 1820 g/mol. The lowest BCUT2D eigenvalue weighted by Gasteiger charge is -2.51. The molecular formula is C78H135N13O44. The first kappa shape index (κ1) is 115. The van der Waals surface area contributed by atoms with Crippen LogP contribution in [0, 0.1) is 5.92 Å². The highest BCUT2D eigenvalue weighted by Gasteiger charge is 2.60. The molecule has 7 saturated heterocycles. The van der Waals surface area contributed by atoms with Crippen LogP contribution in [-0.4, -0.2) is 483 Å². The van der Waals surface area contributed by atoms with E-state index in [-0.39, 0.29) is 32.2 Å². The van der Waals surface area contributed by atoms with Gasteiger partial charge in [0.25, 0.3) is 0 Å².